The quantitative estimate of drug-likeness (QED) is 0.333. The van der Waals surface area contributed by atoms with Gasteiger partial charge in [0, 0.05) is 13.1 Å². The number of rotatable bonds is 11. The molecule has 172 valence electrons. The van der Waals surface area contributed by atoms with Crippen LogP contribution in [-0.2, 0) is 11.3 Å². The molecule has 3 aromatic rings. The number of carbonyl (C=O) groups excluding carboxylic acids is 1. The lowest BCUT2D eigenvalue weighted by atomic mass is 10.0. The molecule has 2 aromatic heterocycles. The zero-order valence-corrected chi connectivity index (χ0v) is 20.2. The summed E-state index contributed by atoms with van der Waals surface area (Å²) in [6, 6.07) is 7.84. The van der Waals surface area contributed by atoms with Gasteiger partial charge >= 0.3 is 0 Å². The highest BCUT2D eigenvalue weighted by atomic mass is 32.2. The number of ether oxygens (including phenoxy) is 1. The van der Waals surface area contributed by atoms with Crippen molar-refractivity contribution in [1.82, 2.24) is 25.1 Å². The Balaban J connectivity index is 1.55. The number of fused-ring (bicyclic) bond motifs is 1. The van der Waals surface area contributed by atoms with Gasteiger partial charge in [-0.3, -0.25) is 4.79 Å². The average Bonchev–Trinajstić information content (AvgIpc) is 3.19. The first kappa shape index (κ1) is 23.8. The molecule has 0 bridgehead atoms. The summed E-state index contributed by atoms with van der Waals surface area (Å²) in [4.78, 5) is 21.4. The molecule has 0 aliphatic rings. The van der Waals surface area contributed by atoms with Crippen LogP contribution < -0.4 is 15.4 Å². The Morgan fingerprint density at radius 3 is 2.56 bits per heavy atom. The third-order valence-electron chi connectivity index (χ3n) is 4.90. The molecule has 8 nitrogen and oxygen atoms in total. The van der Waals surface area contributed by atoms with Crippen LogP contribution in [0.5, 0.6) is 5.75 Å². The Hall–Kier alpha value is -2.81. The van der Waals surface area contributed by atoms with Gasteiger partial charge in [0.25, 0.3) is 5.91 Å². The highest BCUT2D eigenvalue weighted by Crippen LogP contribution is 2.23. The lowest BCUT2D eigenvalue weighted by Gasteiger charge is -2.11. The predicted molar refractivity (Wildman–Crippen MR) is 129 cm³/mol. The number of aromatic nitrogens is 4. The second kappa shape index (κ2) is 11.2. The van der Waals surface area contributed by atoms with Crippen molar-refractivity contribution < 1.29 is 9.53 Å². The molecule has 2 N–H and O–H groups in total. The van der Waals surface area contributed by atoms with Crippen LogP contribution in [0.4, 0.5) is 5.82 Å². The maximum Gasteiger partial charge on any atom is 0.258 e. The highest BCUT2D eigenvalue weighted by molar-refractivity contribution is 7.98. The fourth-order valence-electron chi connectivity index (χ4n) is 3.08. The van der Waals surface area contributed by atoms with Crippen molar-refractivity contribution in [2.24, 2.45) is 5.92 Å². The lowest BCUT2D eigenvalue weighted by molar-refractivity contribution is -0.123. The number of anilines is 1. The van der Waals surface area contributed by atoms with Crippen LogP contribution in [0.1, 0.15) is 39.2 Å². The van der Waals surface area contributed by atoms with Gasteiger partial charge in [0.1, 0.15) is 11.6 Å². The zero-order chi connectivity index (χ0) is 23.1. The molecular formula is C23H32N6O2S. The number of hydrogen-bond donors (Lipinski definition) is 2. The molecule has 0 spiro atoms. The van der Waals surface area contributed by atoms with Gasteiger partial charge in [-0.1, -0.05) is 51.6 Å². The molecule has 0 radical (unpaired) electrons. The average molecular weight is 457 g/mol. The van der Waals surface area contributed by atoms with Gasteiger partial charge in [0.05, 0.1) is 18.1 Å². The van der Waals surface area contributed by atoms with E-state index in [9.17, 15) is 4.79 Å². The number of hydrogen-bond acceptors (Lipinski definition) is 7. The van der Waals surface area contributed by atoms with Crippen molar-refractivity contribution >= 4 is 34.5 Å². The molecule has 0 saturated heterocycles. The molecule has 2 heterocycles. The Kier molecular flexibility index (Phi) is 8.33. The van der Waals surface area contributed by atoms with Crippen molar-refractivity contribution in [3.63, 3.8) is 0 Å². The molecule has 1 amide bonds. The first-order chi connectivity index (χ1) is 15.4. The van der Waals surface area contributed by atoms with Crippen molar-refractivity contribution in [2.45, 2.75) is 45.3 Å². The monoisotopic (exact) mass is 456 g/mol. The number of thioether (sulfide) groups is 1. The fourth-order valence-corrected chi connectivity index (χ4v) is 3.44. The standard InChI is InChI=1S/C23H32N6O2S/c1-15(2)12-25-21-19-13-26-29(22(19)28-23(27-21)32-5)11-10-24-20(30)14-31-18-8-6-17(7-9-18)16(3)4/h6-9,13,15-16H,10-12,14H2,1-5H3,(H,24,30)(H,25,27,28). The van der Waals surface area contributed by atoms with Gasteiger partial charge in [-0.2, -0.15) is 5.10 Å². The van der Waals surface area contributed by atoms with Crippen LogP contribution in [0.2, 0.25) is 0 Å². The first-order valence-corrected chi connectivity index (χ1v) is 12.1. The summed E-state index contributed by atoms with van der Waals surface area (Å²) in [5.41, 5.74) is 2.00. The summed E-state index contributed by atoms with van der Waals surface area (Å²) < 4.78 is 7.38. The minimum Gasteiger partial charge on any atom is -0.484 e. The molecule has 0 aliphatic heterocycles. The minimum atomic E-state index is -0.173. The molecule has 32 heavy (non-hydrogen) atoms. The SMILES string of the molecule is CSc1nc(NCC(C)C)c2cnn(CCNC(=O)COc3ccc(C(C)C)cc3)c2n1. The van der Waals surface area contributed by atoms with E-state index in [4.69, 9.17) is 4.74 Å². The summed E-state index contributed by atoms with van der Waals surface area (Å²) in [5.74, 6) is 2.27. The maximum atomic E-state index is 12.2. The van der Waals surface area contributed by atoms with Gasteiger partial charge in [-0.25, -0.2) is 14.6 Å². The number of nitrogens with one attached hydrogen (secondary N) is 2. The third-order valence-corrected chi connectivity index (χ3v) is 5.45. The molecule has 3 rings (SSSR count). The molecule has 0 aliphatic carbocycles. The molecule has 0 atom stereocenters. The Morgan fingerprint density at radius 1 is 1.16 bits per heavy atom. The van der Waals surface area contributed by atoms with E-state index in [2.05, 4.69) is 53.4 Å². The van der Waals surface area contributed by atoms with E-state index < -0.39 is 0 Å². The predicted octanol–water partition coefficient (Wildman–Crippen LogP) is 3.93. The van der Waals surface area contributed by atoms with Gasteiger partial charge in [0.2, 0.25) is 0 Å². The minimum absolute atomic E-state index is 0.0249. The van der Waals surface area contributed by atoms with Crippen LogP contribution >= 0.6 is 11.8 Å². The molecule has 1 aromatic carbocycles. The Labute approximate surface area is 193 Å². The van der Waals surface area contributed by atoms with Crippen LogP contribution in [-0.4, -0.2) is 51.6 Å². The second-order valence-electron chi connectivity index (χ2n) is 8.30. The second-order valence-corrected chi connectivity index (χ2v) is 9.07. The van der Waals surface area contributed by atoms with Gasteiger partial charge in [-0.05, 0) is 35.8 Å². The lowest BCUT2D eigenvalue weighted by Crippen LogP contribution is -2.31. The Bertz CT molecular complexity index is 1030. The number of benzene rings is 1. The van der Waals surface area contributed by atoms with E-state index >= 15 is 0 Å². The first-order valence-electron chi connectivity index (χ1n) is 10.9. The number of carbonyl (C=O) groups is 1. The largest absolute Gasteiger partial charge is 0.484 e. The van der Waals surface area contributed by atoms with Crippen LogP contribution in [0.15, 0.2) is 35.6 Å². The van der Waals surface area contributed by atoms with Crippen molar-refractivity contribution in [2.75, 3.05) is 31.3 Å². The smallest absolute Gasteiger partial charge is 0.258 e. The van der Waals surface area contributed by atoms with Crippen LogP contribution in [0.25, 0.3) is 11.0 Å². The van der Waals surface area contributed by atoms with E-state index in [0.29, 0.717) is 35.8 Å². The van der Waals surface area contributed by atoms with Gasteiger partial charge < -0.3 is 15.4 Å². The van der Waals surface area contributed by atoms with Crippen molar-refractivity contribution in [3.05, 3.63) is 36.0 Å². The van der Waals surface area contributed by atoms with E-state index in [1.807, 2.05) is 30.5 Å². The van der Waals surface area contributed by atoms with Gasteiger partial charge in [0.15, 0.2) is 17.4 Å². The summed E-state index contributed by atoms with van der Waals surface area (Å²) >= 11 is 1.49. The van der Waals surface area contributed by atoms with Crippen LogP contribution in [0, 0.1) is 5.92 Å². The maximum absolute atomic E-state index is 12.2. The number of amides is 1. The summed E-state index contributed by atoms with van der Waals surface area (Å²) in [6.07, 6.45) is 3.72. The van der Waals surface area contributed by atoms with Crippen molar-refractivity contribution in [1.29, 1.82) is 0 Å². The summed E-state index contributed by atoms with van der Waals surface area (Å²) in [7, 11) is 0. The van der Waals surface area contributed by atoms with Gasteiger partial charge in [-0.15, -0.1) is 0 Å². The highest BCUT2D eigenvalue weighted by Gasteiger charge is 2.13. The number of nitrogens with zero attached hydrogens (tertiary/aromatic N) is 4. The molecular weight excluding hydrogens is 424 g/mol. The van der Waals surface area contributed by atoms with E-state index in [0.717, 1.165) is 23.4 Å². The summed E-state index contributed by atoms with van der Waals surface area (Å²) in [5, 5.41) is 12.3. The van der Waals surface area contributed by atoms with Crippen LogP contribution in [0.3, 0.4) is 0 Å². The van der Waals surface area contributed by atoms with Crippen molar-refractivity contribution in [3.8, 4) is 5.75 Å². The summed E-state index contributed by atoms with van der Waals surface area (Å²) in [6.45, 7) is 10.3. The van der Waals surface area contributed by atoms with E-state index in [1.165, 1.54) is 17.3 Å². The molecule has 0 fully saturated rings. The van der Waals surface area contributed by atoms with E-state index in [-0.39, 0.29) is 12.5 Å². The fraction of sp³-hybridized carbons (Fsp3) is 0.478. The third kappa shape index (κ3) is 6.35. The molecule has 0 unspecified atom stereocenters. The molecule has 0 saturated carbocycles. The zero-order valence-electron chi connectivity index (χ0n) is 19.4. The normalized spacial score (nSPS) is 11.3. The topological polar surface area (TPSA) is 94.0 Å². The Morgan fingerprint density at radius 2 is 1.91 bits per heavy atom. The molecule has 9 heteroatoms. The van der Waals surface area contributed by atoms with E-state index in [1.54, 1.807) is 10.9 Å².